The van der Waals surface area contributed by atoms with E-state index in [1.807, 2.05) is 0 Å². The monoisotopic (exact) mass is 382 g/mol. The number of hydrogen-bond donors (Lipinski definition) is 2. The minimum Gasteiger partial charge on any atom is -0.454 e. The molecule has 0 aromatic heterocycles. The highest BCUT2D eigenvalue weighted by molar-refractivity contribution is 6.32. The molecule has 0 aliphatic carbocycles. The molecule has 1 aliphatic rings. The lowest BCUT2D eigenvalue weighted by molar-refractivity contribution is -0.143. The SMILES string of the molecule is CC(C)NC(=O)CNC(=O)COC(=O)/C=C/c1cc(Cl)c2c(c1)OCO2. The Labute approximate surface area is 155 Å². The molecule has 26 heavy (non-hydrogen) atoms. The summed E-state index contributed by atoms with van der Waals surface area (Å²) in [5, 5.41) is 5.34. The van der Waals surface area contributed by atoms with Gasteiger partial charge in [0, 0.05) is 12.1 Å². The Morgan fingerprint density at radius 2 is 2.04 bits per heavy atom. The number of rotatable bonds is 7. The maximum Gasteiger partial charge on any atom is 0.331 e. The maximum atomic E-state index is 11.7. The zero-order chi connectivity index (χ0) is 19.1. The van der Waals surface area contributed by atoms with E-state index in [1.54, 1.807) is 26.0 Å². The smallest absolute Gasteiger partial charge is 0.331 e. The van der Waals surface area contributed by atoms with Crippen LogP contribution in [0.1, 0.15) is 19.4 Å². The summed E-state index contributed by atoms with van der Waals surface area (Å²) in [5.74, 6) is -0.647. The number of hydrogen-bond acceptors (Lipinski definition) is 6. The van der Waals surface area contributed by atoms with Gasteiger partial charge in [0.25, 0.3) is 5.91 Å². The van der Waals surface area contributed by atoms with Gasteiger partial charge in [0.2, 0.25) is 12.7 Å². The molecule has 2 amide bonds. The van der Waals surface area contributed by atoms with Gasteiger partial charge in [-0.3, -0.25) is 9.59 Å². The molecule has 2 rings (SSSR count). The van der Waals surface area contributed by atoms with Crippen LogP contribution in [0.4, 0.5) is 0 Å². The van der Waals surface area contributed by atoms with Crippen LogP contribution in [-0.2, 0) is 19.1 Å². The van der Waals surface area contributed by atoms with Gasteiger partial charge in [0.05, 0.1) is 11.6 Å². The molecule has 0 saturated heterocycles. The van der Waals surface area contributed by atoms with Gasteiger partial charge in [-0.15, -0.1) is 0 Å². The summed E-state index contributed by atoms with van der Waals surface area (Å²) in [4.78, 5) is 34.6. The molecule has 2 N–H and O–H groups in total. The number of carbonyl (C=O) groups is 3. The zero-order valence-corrected chi connectivity index (χ0v) is 15.1. The zero-order valence-electron chi connectivity index (χ0n) is 14.3. The quantitative estimate of drug-likeness (QED) is 0.543. The molecule has 0 saturated carbocycles. The first-order valence-electron chi connectivity index (χ1n) is 7.85. The van der Waals surface area contributed by atoms with Crippen molar-refractivity contribution in [3.05, 3.63) is 28.8 Å². The Morgan fingerprint density at radius 1 is 1.27 bits per heavy atom. The summed E-state index contributed by atoms with van der Waals surface area (Å²) in [6.45, 7) is 3.04. The van der Waals surface area contributed by atoms with E-state index in [0.29, 0.717) is 22.1 Å². The number of fused-ring (bicyclic) bond motifs is 1. The number of benzene rings is 1. The van der Waals surface area contributed by atoms with Crippen LogP contribution in [0.2, 0.25) is 5.02 Å². The number of amides is 2. The Balaban J connectivity index is 1.76. The molecule has 1 aliphatic heterocycles. The first-order valence-corrected chi connectivity index (χ1v) is 8.23. The lowest BCUT2D eigenvalue weighted by Gasteiger charge is -2.09. The van der Waals surface area contributed by atoms with Crippen molar-refractivity contribution in [1.29, 1.82) is 0 Å². The summed E-state index contributed by atoms with van der Waals surface area (Å²) in [5.41, 5.74) is 0.617. The van der Waals surface area contributed by atoms with E-state index >= 15 is 0 Å². The minimum atomic E-state index is -0.708. The Morgan fingerprint density at radius 3 is 2.77 bits per heavy atom. The van der Waals surface area contributed by atoms with Crippen LogP contribution in [0.15, 0.2) is 18.2 Å². The fraction of sp³-hybridized carbons (Fsp3) is 0.353. The number of halogens is 1. The molecule has 140 valence electrons. The van der Waals surface area contributed by atoms with Crippen molar-refractivity contribution in [3.63, 3.8) is 0 Å². The predicted octanol–water partition coefficient (Wildman–Crippen LogP) is 1.27. The average Bonchev–Trinajstić information content (AvgIpc) is 3.05. The molecule has 0 fully saturated rings. The molecule has 1 aromatic carbocycles. The van der Waals surface area contributed by atoms with Crippen LogP contribution >= 0.6 is 11.6 Å². The van der Waals surface area contributed by atoms with E-state index < -0.39 is 18.5 Å². The molecule has 9 heteroatoms. The molecule has 0 radical (unpaired) electrons. The average molecular weight is 383 g/mol. The molecule has 0 spiro atoms. The third-order valence-electron chi connectivity index (χ3n) is 3.10. The first-order chi connectivity index (χ1) is 12.3. The van der Waals surface area contributed by atoms with E-state index in [1.165, 1.54) is 6.08 Å². The van der Waals surface area contributed by atoms with Crippen LogP contribution in [-0.4, -0.2) is 43.8 Å². The number of ether oxygens (including phenoxy) is 3. The van der Waals surface area contributed by atoms with Crippen molar-refractivity contribution in [2.45, 2.75) is 19.9 Å². The standard InChI is InChI=1S/C17H19ClN2O6/c1-10(2)20-14(21)7-19-15(22)8-24-16(23)4-3-11-5-12(18)17-13(6-11)25-9-26-17/h3-6,10H,7-9H2,1-2H3,(H,19,22)(H,20,21)/b4-3+. The molecule has 0 unspecified atom stereocenters. The van der Waals surface area contributed by atoms with Gasteiger partial charge in [-0.1, -0.05) is 11.6 Å². The minimum absolute atomic E-state index is 0.0213. The molecular formula is C17H19ClN2O6. The number of esters is 1. The highest BCUT2D eigenvalue weighted by Gasteiger charge is 2.17. The van der Waals surface area contributed by atoms with Crippen LogP contribution in [0, 0.1) is 0 Å². The van der Waals surface area contributed by atoms with E-state index in [0.717, 1.165) is 6.08 Å². The highest BCUT2D eigenvalue weighted by Crippen LogP contribution is 2.40. The van der Waals surface area contributed by atoms with Crippen molar-refractivity contribution in [3.8, 4) is 11.5 Å². The van der Waals surface area contributed by atoms with Crippen molar-refractivity contribution >= 4 is 35.5 Å². The molecule has 1 heterocycles. The van der Waals surface area contributed by atoms with E-state index in [4.69, 9.17) is 25.8 Å². The second-order valence-electron chi connectivity index (χ2n) is 5.68. The number of nitrogens with one attached hydrogen (secondary N) is 2. The molecule has 0 atom stereocenters. The third kappa shape index (κ3) is 5.96. The van der Waals surface area contributed by atoms with Crippen LogP contribution < -0.4 is 20.1 Å². The summed E-state index contributed by atoms with van der Waals surface area (Å²) in [6.07, 6.45) is 2.64. The normalized spacial score (nSPS) is 12.3. The Kier molecular flexibility index (Phi) is 6.85. The van der Waals surface area contributed by atoms with Crippen molar-refractivity contribution in [2.24, 2.45) is 0 Å². The van der Waals surface area contributed by atoms with Crippen molar-refractivity contribution < 1.29 is 28.6 Å². The topological polar surface area (TPSA) is 103 Å². The van der Waals surface area contributed by atoms with E-state index in [-0.39, 0.29) is 25.3 Å². The molecule has 1 aromatic rings. The molecule has 0 bridgehead atoms. The van der Waals surface area contributed by atoms with Gasteiger partial charge in [-0.2, -0.15) is 0 Å². The molecule has 8 nitrogen and oxygen atoms in total. The lowest BCUT2D eigenvalue weighted by Crippen LogP contribution is -2.41. The predicted molar refractivity (Wildman–Crippen MR) is 93.9 cm³/mol. The van der Waals surface area contributed by atoms with E-state index in [2.05, 4.69) is 10.6 Å². The Bertz CT molecular complexity index is 732. The molecular weight excluding hydrogens is 364 g/mol. The van der Waals surface area contributed by atoms with Gasteiger partial charge < -0.3 is 24.8 Å². The summed E-state index contributed by atoms with van der Waals surface area (Å²) in [6, 6.07) is 3.25. The summed E-state index contributed by atoms with van der Waals surface area (Å²) in [7, 11) is 0. The van der Waals surface area contributed by atoms with Crippen molar-refractivity contribution in [1.82, 2.24) is 10.6 Å². The van der Waals surface area contributed by atoms with Gasteiger partial charge in [-0.05, 0) is 37.6 Å². The first kappa shape index (κ1) is 19.6. The van der Waals surface area contributed by atoms with Gasteiger partial charge in [0.1, 0.15) is 0 Å². The van der Waals surface area contributed by atoms with Gasteiger partial charge >= 0.3 is 5.97 Å². The maximum absolute atomic E-state index is 11.7. The Hall–Kier alpha value is -2.74. The second kappa shape index (κ2) is 9.10. The van der Waals surface area contributed by atoms with Crippen LogP contribution in [0.25, 0.3) is 6.08 Å². The summed E-state index contributed by atoms with van der Waals surface area (Å²) < 4.78 is 15.2. The largest absolute Gasteiger partial charge is 0.454 e. The highest BCUT2D eigenvalue weighted by atomic mass is 35.5. The van der Waals surface area contributed by atoms with Gasteiger partial charge in [-0.25, -0.2) is 4.79 Å². The van der Waals surface area contributed by atoms with Crippen LogP contribution in [0.3, 0.4) is 0 Å². The lowest BCUT2D eigenvalue weighted by atomic mass is 10.2. The van der Waals surface area contributed by atoms with Gasteiger partial charge in [0.15, 0.2) is 18.1 Å². The van der Waals surface area contributed by atoms with E-state index in [9.17, 15) is 14.4 Å². The fourth-order valence-corrected chi connectivity index (χ4v) is 2.31. The fourth-order valence-electron chi connectivity index (χ4n) is 2.04. The van der Waals surface area contributed by atoms with Crippen LogP contribution in [0.5, 0.6) is 11.5 Å². The third-order valence-corrected chi connectivity index (χ3v) is 3.38. The summed E-state index contributed by atoms with van der Waals surface area (Å²) >= 11 is 6.04. The number of carbonyl (C=O) groups excluding carboxylic acids is 3. The second-order valence-corrected chi connectivity index (χ2v) is 6.08. The van der Waals surface area contributed by atoms with Crippen molar-refractivity contribution in [2.75, 3.05) is 19.9 Å².